The molecule has 0 aliphatic heterocycles. The molecule has 0 aliphatic carbocycles. The molecule has 84 valence electrons. The molecule has 0 spiro atoms. The summed E-state index contributed by atoms with van der Waals surface area (Å²) in [6, 6.07) is 7.89. The van der Waals surface area contributed by atoms with Gasteiger partial charge in [-0.3, -0.25) is 0 Å². The van der Waals surface area contributed by atoms with Crippen LogP contribution in [0.5, 0.6) is 5.75 Å². The lowest BCUT2D eigenvalue weighted by atomic mass is 10.2. The van der Waals surface area contributed by atoms with Crippen molar-refractivity contribution >= 4 is 5.69 Å². The van der Waals surface area contributed by atoms with Crippen LogP contribution in [0.3, 0.4) is 0 Å². The van der Waals surface area contributed by atoms with Crippen LogP contribution in [0.25, 0.3) is 0 Å². The van der Waals surface area contributed by atoms with Gasteiger partial charge in [-0.1, -0.05) is 0 Å². The maximum atomic E-state index is 8.59. The number of unbranched alkanes of at least 4 members (excludes halogenated alkanes) is 2. The number of hydrogen-bond acceptors (Lipinski definition) is 3. The van der Waals surface area contributed by atoms with E-state index in [-0.39, 0.29) is 6.61 Å². The second-order valence-corrected chi connectivity index (χ2v) is 3.41. The Kier molecular flexibility index (Phi) is 5.63. The summed E-state index contributed by atoms with van der Waals surface area (Å²) in [6.45, 7) is 0.996. The van der Waals surface area contributed by atoms with Crippen molar-refractivity contribution in [2.24, 2.45) is 0 Å². The first-order valence-electron chi connectivity index (χ1n) is 5.38. The van der Waals surface area contributed by atoms with E-state index in [4.69, 9.17) is 9.84 Å². The van der Waals surface area contributed by atoms with Crippen LogP contribution in [0.4, 0.5) is 5.69 Å². The number of anilines is 1. The second kappa shape index (κ2) is 7.12. The number of nitrogens with one attached hydrogen (secondary N) is 1. The highest BCUT2D eigenvalue weighted by molar-refractivity contribution is 5.45. The Balaban J connectivity index is 2.20. The van der Waals surface area contributed by atoms with E-state index in [1.165, 1.54) is 0 Å². The summed E-state index contributed by atoms with van der Waals surface area (Å²) in [7, 11) is 1.89. The van der Waals surface area contributed by atoms with E-state index >= 15 is 0 Å². The maximum absolute atomic E-state index is 8.59. The van der Waals surface area contributed by atoms with E-state index in [2.05, 4.69) is 5.32 Å². The normalized spacial score (nSPS) is 10.0. The van der Waals surface area contributed by atoms with Gasteiger partial charge in [0.1, 0.15) is 5.75 Å². The Labute approximate surface area is 91.1 Å². The monoisotopic (exact) mass is 209 g/mol. The molecule has 0 fully saturated rings. The molecule has 1 aromatic carbocycles. The highest BCUT2D eigenvalue weighted by Crippen LogP contribution is 2.15. The average molecular weight is 209 g/mol. The Morgan fingerprint density at radius 1 is 1.13 bits per heavy atom. The van der Waals surface area contributed by atoms with E-state index in [1.807, 2.05) is 31.3 Å². The van der Waals surface area contributed by atoms with E-state index in [0.717, 1.165) is 37.3 Å². The third-order valence-corrected chi connectivity index (χ3v) is 2.21. The zero-order valence-corrected chi connectivity index (χ0v) is 9.20. The van der Waals surface area contributed by atoms with Gasteiger partial charge < -0.3 is 15.2 Å². The van der Waals surface area contributed by atoms with Gasteiger partial charge in [-0.15, -0.1) is 0 Å². The summed E-state index contributed by atoms with van der Waals surface area (Å²) in [4.78, 5) is 0. The molecule has 0 atom stereocenters. The van der Waals surface area contributed by atoms with Gasteiger partial charge in [0.05, 0.1) is 6.61 Å². The molecule has 0 heterocycles. The van der Waals surface area contributed by atoms with Crippen LogP contribution in [0, 0.1) is 0 Å². The number of benzene rings is 1. The second-order valence-electron chi connectivity index (χ2n) is 3.41. The molecule has 0 saturated heterocycles. The number of ether oxygens (including phenoxy) is 1. The third-order valence-electron chi connectivity index (χ3n) is 2.21. The molecule has 1 aromatic rings. The fraction of sp³-hybridized carbons (Fsp3) is 0.500. The summed E-state index contributed by atoms with van der Waals surface area (Å²) < 4.78 is 5.54. The Morgan fingerprint density at radius 2 is 1.87 bits per heavy atom. The van der Waals surface area contributed by atoms with Crippen molar-refractivity contribution in [2.75, 3.05) is 25.6 Å². The van der Waals surface area contributed by atoms with Crippen LogP contribution in [0.1, 0.15) is 19.3 Å². The fourth-order valence-electron chi connectivity index (χ4n) is 1.30. The molecule has 15 heavy (non-hydrogen) atoms. The lowest BCUT2D eigenvalue weighted by Crippen LogP contribution is -1.98. The fourth-order valence-corrected chi connectivity index (χ4v) is 1.30. The third kappa shape index (κ3) is 4.70. The van der Waals surface area contributed by atoms with Gasteiger partial charge in [-0.25, -0.2) is 0 Å². The lowest BCUT2D eigenvalue weighted by Gasteiger charge is -2.06. The molecule has 0 saturated carbocycles. The molecule has 0 aliphatic rings. The summed E-state index contributed by atoms with van der Waals surface area (Å²) in [5.41, 5.74) is 1.09. The molecule has 0 unspecified atom stereocenters. The quantitative estimate of drug-likeness (QED) is 0.677. The minimum absolute atomic E-state index is 0.275. The standard InChI is InChI=1S/C12H19NO2/c1-13-11-5-7-12(8-6-11)15-10-4-2-3-9-14/h5-8,13-14H,2-4,9-10H2,1H3. The van der Waals surface area contributed by atoms with E-state index in [9.17, 15) is 0 Å². The van der Waals surface area contributed by atoms with Crippen molar-refractivity contribution in [1.29, 1.82) is 0 Å². The van der Waals surface area contributed by atoms with Crippen molar-refractivity contribution in [2.45, 2.75) is 19.3 Å². The van der Waals surface area contributed by atoms with Gasteiger partial charge in [0, 0.05) is 19.3 Å². The number of rotatable bonds is 7. The molecule has 2 N–H and O–H groups in total. The van der Waals surface area contributed by atoms with Gasteiger partial charge in [0.25, 0.3) is 0 Å². The molecule has 0 aromatic heterocycles. The van der Waals surface area contributed by atoms with Crippen LogP contribution >= 0.6 is 0 Å². The van der Waals surface area contributed by atoms with Gasteiger partial charge >= 0.3 is 0 Å². The van der Waals surface area contributed by atoms with Crippen molar-refractivity contribution in [3.05, 3.63) is 24.3 Å². The molecule has 1 rings (SSSR count). The van der Waals surface area contributed by atoms with Gasteiger partial charge in [0.2, 0.25) is 0 Å². The van der Waals surface area contributed by atoms with Crippen molar-refractivity contribution in [1.82, 2.24) is 0 Å². The molecule has 3 heteroatoms. The zero-order valence-electron chi connectivity index (χ0n) is 9.20. The smallest absolute Gasteiger partial charge is 0.119 e. The molecular weight excluding hydrogens is 190 g/mol. The van der Waals surface area contributed by atoms with Gasteiger partial charge in [0.15, 0.2) is 0 Å². The van der Waals surface area contributed by atoms with Gasteiger partial charge in [-0.2, -0.15) is 0 Å². The predicted octanol–water partition coefficient (Wildman–Crippen LogP) is 2.27. The van der Waals surface area contributed by atoms with Crippen LogP contribution in [-0.4, -0.2) is 25.4 Å². The van der Waals surface area contributed by atoms with Crippen molar-refractivity contribution in [3.63, 3.8) is 0 Å². The average Bonchev–Trinajstić information content (AvgIpc) is 2.30. The Hall–Kier alpha value is -1.22. The molecular formula is C12H19NO2. The maximum Gasteiger partial charge on any atom is 0.119 e. The summed E-state index contributed by atoms with van der Waals surface area (Å²) >= 11 is 0. The largest absolute Gasteiger partial charge is 0.494 e. The lowest BCUT2D eigenvalue weighted by molar-refractivity contribution is 0.266. The van der Waals surface area contributed by atoms with Gasteiger partial charge in [-0.05, 0) is 43.5 Å². The van der Waals surface area contributed by atoms with E-state index in [0.29, 0.717) is 0 Å². The zero-order chi connectivity index (χ0) is 10.9. The first kappa shape index (κ1) is 11.9. The minimum Gasteiger partial charge on any atom is -0.494 e. The Bertz CT molecular complexity index is 259. The van der Waals surface area contributed by atoms with Crippen LogP contribution in [-0.2, 0) is 0 Å². The number of aliphatic hydroxyl groups excluding tert-OH is 1. The number of hydrogen-bond donors (Lipinski definition) is 2. The summed E-state index contributed by atoms with van der Waals surface area (Å²) in [6.07, 6.45) is 2.88. The summed E-state index contributed by atoms with van der Waals surface area (Å²) in [5.74, 6) is 0.901. The molecule has 3 nitrogen and oxygen atoms in total. The van der Waals surface area contributed by atoms with E-state index < -0.39 is 0 Å². The van der Waals surface area contributed by atoms with Crippen LogP contribution < -0.4 is 10.1 Å². The SMILES string of the molecule is CNc1ccc(OCCCCCO)cc1. The molecule has 0 radical (unpaired) electrons. The predicted molar refractivity (Wildman–Crippen MR) is 62.4 cm³/mol. The van der Waals surface area contributed by atoms with Crippen molar-refractivity contribution < 1.29 is 9.84 Å². The first-order valence-corrected chi connectivity index (χ1v) is 5.38. The first-order chi connectivity index (χ1) is 7.36. The van der Waals surface area contributed by atoms with E-state index in [1.54, 1.807) is 0 Å². The molecule has 0 amide bonds. The number of aliphatic hydroxyl groups is 1. The van der Waals surface area contributed by atoms with Crippen LogP contribution in [0.2, 0.25) is 0 Å². The summed E-state index contributed by atoms with van der Waals surface area (Å²) in [5, 5.41) is 11.6. The Morgan fingerprint density at radius 3 is 2.47 bits per heavy atom. The van der Waals surface area contributed by atoms with Crippen molar-refractivity contribution in [3.8, 4) is 5.75 Å². The van der Waals surface area contributed by atoms with Crippen LogP contribution in [0.15, 0.2) is 24.3 Å². The topological polar surface area (TPSA) is 41.5 Å². The minimum atomic E-state index is 0.275. The highest BCUT2D eigenvalue weighted by atomic mass is 16.5. The highest BCUT2D eigenvalue weighted by Gasteiger charge is 1.94. The molecule has 0 bridgehead atoms.